The van der Waals surface area contributed by atoms with Gasteiger partial charge in [0.15, 0.2) is 17.1 Å². The molecule has 2 N–H and O–H groups in total. The molecule has 0 aliphatic rings. The molecule has 32 heavy (non-hydrogen) atoms. The molecule has 7 nitrogen and oxygen atoms in total. The Bertz CT molecular complexity index is 1260. The molecule has 0 amide bonds. The number of ether oxygens (including phenoxy) is 1. The van der Waals surface area contributed by atoms with Gasteiger partial charge in [-0.1, -0.05) is 28.9 Å². The highest BCUT2D eigenvalue weighted by Gasteiger charge is 2.26. The molecule has 2 aromatic heterocycles. The van der Waals surface area contributed by atoms with Gasteiger partial charge in [0.05, 0.1) is 18.2 Å². The number of esters is 1. The summed E-state index contributed by atoms with van der Waals surface area (Å²) in [6, 6.07) is 13.5. The first-order valence-electron chi connectivity index (χ1n) is 9.93. The van der Waals surface area contributed by atoms with Crippen molar-refractivity contribution in [3.8, 4) is 11.3 Å². The van der Waals surface area contributed by atoms with Gasteiger partial charge in [-0.3, -0.25) is 4.98 Å². The lowest BCUT2D eigenvalue weighted by Gasteiger charge is -2.10. The van der Waals surface area contributed by atoms with Crippen LogP contribution in [0.25, 0.3) is 22.2 Å². The van der Waals surface area contributed by atoms with E-state index in [1.165, 1.54) is 19.2 Å². The van der Waals surface area contributed by atoms with E-state index in [0.717, 1.165) is 16.6 Å². The second-order valence-electron chi connectivity index (χ2n) is 6.93. The maximum atomic E-state index is 14.2. The lowest BCUT2D eigenvalue weighted by atomic mass is 10.1. The summed E-state index contributed by atoms with van der Waals surface area (Å²) in [6.07, 6.45) is 2.43. The minimum Gasteiger partial charge on any atom is -0.465 e. The molecule has 4 rings (SSSR count). The Hall–Kier alpha value is -3.65. The second kappa shape index (κ2) is 9.65. The number of rotatable bonds is 8. The highest BCUT2D eigenvalue weighted by molar-refractivity contribution is 6.31. The van der Waals surface area contributed by atoms with E-state index >= 15 is 0 Å². The van der Waals surface area contributed by atoms with Crippen molar-refractivity contribution in [3.05, 3.63) is 71.1 Å². The Morgan fingerprint density at radius 3 is 2.78 bits per heavy atom. The zero-order valence-electron chi connectivity index (χ0n) is 17.2. The number of benzene rings is 2. The van der Waals surface area contributed by atoms with Crippen LogP contribution in [0.5, 0.6) is 0 Å². The van der Waals surface area contributed by atoms with Crippen LogP contribution in [0.15, 0.2) is 59.3 Å². The molecular formula is C23H20ClFN4O3. The zero-order valence-corrected chi connectivity index (χ0v) is 17.9. The largest absolute Gasteiger partial charge is 0.465 e. The summed E-state index contributed by atoms with van der Waals surface area (Å²) in [5.74, 6) is -0.945. The number of anilines is 2. The summed E-state index contributed by atoms with van der Waals surface area (Å²) in [5, 5.41) is 12.0. The van der Waals surface area contributed by atoms with Crippen LogP contribution in [0.4, 0.5) is 15.9 Å². The van der Waals surface area contributed by atoms with Crippen molar-refractivity contribution in [1.82, 2.24) is 10.1 Å². The lowest BCUT2D eigenvalue weighted by Crippen LogP contribution is -2.12. The number of hydrogen-bond donors (Lipinski definition) is 2. The summed E-state index contributed by atoms with van der Waals surface area (Å²) in [5.41, 5.74) is 1.96. The molecule has 4 aromatic rings. The van der Waals surface area contributed by atoms with Crippen LogP contribution in [-0.4, -0.2) is 36.3 Å². The van der Waals surface area contributed by atoms with Gasteiger partial charge in [0.2, 0.25) is 0 Å². The predicted octanol–water partition coefficient (Wildman–Crippen LogP) is 5.38. The molecule has 0 fully saturated rings. The van der Waals surface area contributed by atoms with Crippen LogP contribution >= 0.6 is 11.6 Å². The lowest BCUT2D eigenvalue weighted by molar-refractivity contribution is 0.0602. The first kappa shape index (κ1) is 21.6. The number of pyridine rings is 1. The SMILES string of the molecule is COC(=O)c1c(NCCCNc2ccnc3cc(Cl)ccc23)noc1-c1ccccc1F. The van der Waals surface area contributed by atoms with E-state index in [0.29, 0.717) is 24.5 Å². The minimum atomic E-state index is -0.660. The van der Waals surface area contributed by atoms with Crippen molar-refractivity contribution < 1.29 is 18.4 Å². The summed E-state index contributed by atoms with van der Waals surface area (Å²) < 4.78 is 24.3. The number of methoxy groups -OCH3 is 1. The Morgan fingerprint density at radius 2 is 1.97 bits per heavy atom. The van der Waals surface area contributed by atoms with Gasteiger partial charge in [-0.25, -0.2) is 9.18 Å². The predicted molar refractivity (Wildman–Crippen MR) is 122 cm³/mol. The van der Waals surface area contributed by atoms with Crippen molar-refractivity contribution in [2.24, 2.45) is 0 Å². The van der Waals surface area contributed by atoms with E-state index < -0.39 is 11.8 Å². The molecule has 2 aromatic carbocycles. The quantitative estimate of drug-likeness (QED) is 0.273. The van der Waals surface area contributed by atoms with Crippen LogP contribution in [0.3, 0.4) is 0 Å². The molecule has 0 spiro atoms. The summed E-state index contributed by atoms with van der Waals surface area (Å²) in [4.78, 5) is 16.6. The van der Waals surface area contributed by atoms with Gasteiger partial charge >= 0.3 is 5.97 Å². The van der Waals surface area contributed by atoms with Crippen LogP contribution in [0.2, 0.25) is 5.02 Å². The Labute approximate surface area is 188 Å². The molecule has 0 aliphatic carbocycles. The Morgan fingerprint density at radius 1 is 1.16 bits per heavy atom. The fraction of sp³-hybridized carbons (Fsp3) is 0.174. The average molecular weight is 455 g/mol. The molecule has 0 saturated heterocycles. The summed E-state index contributed by atoms with van der Waals surface area (Å²) in [6.45, 7) is 1.15. The molecule has 9 heteroatoms. The number of hydrogen-bond acceptors (Lipinski definition) is 7. The van der Waals surface area contributed by atoms with E-state index in [-0.39, 0.29) is 22.7 Å². The fourth-order valence-electron chi connectivity index (χ4n) is 3.33. The fourth-order valence-corrected chi connectivity index (χ4v) is 3.49. The molecule has 0 radical (unpaired) electrons. The number of fused-ring (bicyclic) bond motifs is 1. The molecule has 0 atom stereocenters. The molecule has 2 heterocycles. The minimum absolute atomic E-state index is 0.0255. The standard InChI is InChI=1S/C23H20ClFN4O3/c1-31-23(30)20-21(15-5-2-3-6-17(15)25)32-29-22(20)28-11-4-10-26-18-9-12-27-19-13-14(24)7-8-16(18)19/h2-3,5-9,12-13H,4,10-11H2,1H3,(H,26,27)(H,28,29). The molecular weight excluding hydrogens is 435 g/mol. The van der Waals surface area contributed by atoms with Crippen molar-refractivity contribution in [1.29, 1.82) is 0 Å². The molecule has 0 saturated carbocycles. The number of carbonyl (C=O) groups is 1. The Kier molecular flexibility index (Phi) is 6.51. The van der Waals surface area contributed by atoms with Gasteiger partial charge in [-0.2, -0.15) is 0 Å². The van der Waals surface area contributed by atoms with E-state index in [2.05, 4.69) is 20.8 Å². The smallest absolute Gasteiger partial charge is 0.345 e. The third kappa shape index (κ3) is 4.50. The van der Waals surface area contributed by atoms with Gasteiger partial charge < -0.3 is 19.9 Å². The van der Waals surface area contributed by atoms with Gasteiger partial charge in [0.1, 0.15) is 5.82 Å². The number of nitrogens with one attached hydrogen (secondary N) is 2. The van der Waals surface area contributed by atoms with E-state index in [1.54, 1.807) is 18.3 Å². The van der Waals surface area contributed by atoms with Crippen molar-refractivity contribution >= 4 is 40.0 Å². The second-order valence-corrected chi connectivity index (χ2v) is 7.37. The van der Waals surface area contributed by atoms with Crippen molar-refractivity contribution in [2.45, 2.75) is 6.42 Å². The van der Waals surface area contributed by atoms with Gasteiger partial charge in [0.25, 0.3) is 0 Å². The average Bonchev–Trinajstić information content (AvgIpc) is 3.22. The zero-order chi connectivity index (χ0) is 22.5. The van der Waals surface area contributed by atoms with Crippen molar-refractivity contribution in [2.75, 3.05) is 30.8 Å². The van der Waals surface area contributed by atoms with Gasteiger partial charge in [-0.05, 0) is 42.8 Å². The highest BCUT2D eigenvalue weighted by atomic mass is 35.5. The maximum absolute atomic E-state index is 14.2. The summed E-state index contributed by atoms with van der Waals surface area (Å²) in [7, 11) is 1.25. The molecule has 164 valence electrons. The van der Waals surface area contributed by atoms with Crippen LogP contribution < -0.4 is 10.6 Å². The maximum Gasteiger partial charge on any atom is 0.345 e. The third-order valence-corrected chi connectivity index (χ3v) is 5.10. The van der Waals surface area contributed by atoms with Crippen LogP contribution in [-0.2, 0) is 4.74 Å². The highest BCUT2D eigenvalue weighted by Crippen LogP contribution is 2.31. The number of nitrogens with zero attached hydrogens (tertiary/aromatic N) is 2. The number of halogens is 2. The van der Waals surface area contributed by atoms with Gasteiger partial charge in [0, 0.05) is 35.4 Å². The monoisotopic (exact) mass is 454 g/mol. The van der Waals surface area contributed by atoms with Gasteiger partial charge in [-0.15, -0.1) is 0 Å². The van der Waals surface area contributed by atoms with Crippen LogP contribution in [0.1, 0.15) is 16.8 Å². The van der Waals surface area contributed by atoms with Crippen LogP contribution in [0, 0.1) is 5.82 Å². The first-order valence-corrected chi connectivity index (χ1v) is 10.3. The first-order chi connectivity index (χ1) is 15.6. The summed E-state index contributed by atoms with van der Waals surface area (Å²) >= 11 is 6.03. The van der Waals surface area contributed by atoms with E-state index in [1.807, 2.05) is 24.3 Å². The molecule has 0 bridgehead atoms. The normalized spacial score (nSPS) is 10.8. The third-order valence-electron chi connectivity index (χ3n) is 4.87. The van der Waals surface area contributed by atoms with Crippen molar-refractivity contribution in [3.63, 3.8) is 0 Å². The molecule has 0 aliphatic heterocycles. The Balaban J connectivity index is 1.42. The molecule has 0 unspecified atom stereocenters. The van der Waals surface area contributed by atoms with E-state index in [4.69, 9.17) is 20.9 Å². The topological polar surface area (TPSA) is 89.3 Å². The number of carbonyl (C=O) groups excluding carboxylic acids is 1. The number of aromatic nitrogens is 2. The van der Waals surface area contributed by atoms with E-state index in [9.17, 15) is 9.18 Å².